The molecule has 1 aliphatic rings. The highest BCUT2D eigenvalue weighted by atomic mass is 16.5. The highest BCUT2D eigenvalue weighted by Crippen LogP contribution is 2.15. The van der Waals surface area contributed by atoms with Gasteiger partial charge in [0.25, 0.3) is 0 Å². The van der Waals surface area contributed by atoms with Crippen LogP contribution in [-0.2, 0) is 4.74 Å². The van der Waals surface area contributed by atoms with Crippen molar-refractivity contribution in [3.63, 3.8) is 0 Å². The Balaban J connectivity index is 2.35. The normalized spacial score (nSPS) is 32.2. The third-order valence-corrected chi connectivity index (χ3v) is 2.24. The van der Waals surface area contributed by atoms with E-state index in [1.54, 1.807) is 0 Å². The van der Waals surface area contributed by atoms with Crippen LogP contribution in [0, 0.1) is 11.8 Å². The number of ether oxygens (including phenoxy) is 1. The van der Waals surface area contributed by atoms with Crippen molar-refractivity contribution < 1.29 is 4.74 Å². The van der Waals surface area contributed by atoms with Gasteiger partial charge in [-0.3, -0.25) is 5.32 Å². The molecule has 0 spiro atoms. The molecule has 1 saturated heterocycles. The van der Waals surface area contributed by atoms with Crippen molar-refractivity contribution in [3.05, 3.63) is 0 Å². The lowest BCUT2D eigenvalue weighted by Crippen LogP contribution is -2.36. The van der Waals surface area contributed by atoms with E-state index in [9.17, 15) is 0 Å². The first-order valence-electron chi connectivity index (χ1n) is 4.49. The number of nitrogens with one attached hydrogen (secondary N) is 1. The third-order valence-electron chi connectivity index (χ3n) is 2.24. The van der Waals surface area contributed by atoms with Crippen LogP contribution >= 0.6 is 0 Å². The average molecular weight is 157 g/mol. The Morgan fingerprint density at radius 2 is 1.82 bits per heavy atom. The summed E-state index contributed by atoms with van der Waals surface area (Å²) in [4.78, 5) is 0. The molecule has 2 atom stereocenters. The SMILES string of the molecule is CC(C)[C@@H]1N[C@@H](C(C)C)CO1. The van der Waals surface area contributed by atoms with Gasteiger partial charge in [0.15, 0.2) is 0 Å². The van der Waals surface area contributed by atoms with Crippen molar-refractivity contribution in [2.75, 3.05) is 6.61 Å². The minimum Gasteiger partial charge on any atom is -0.361 e. The fraction of sp³-hybridized carbons (Fsp3) is 1.00. The molecule has 66 valence electrons. The summed E-state index contributed by atoms with van der Waals surface area (Å²) in [6, 6.07) is 0.558. The molecule has 0 aromatic carbocycles. The van der Waals surface area contributed by atoms with Crippen molar-refractivity contribution in [1.82, 2.24) is 5.32 Å². The highest BCUT2D eigenvalue weighted by molar-refractivity contribution is 4.79. The Morgan fingerprint density at radius 1 is 1.18 bits per heavy atom. The van der Waals surface area contributed by atoms with Gasteiger partial charge in [0.2, 0.25) is 0 Å². The highest BCUT2D eigenvalue weighted by Gasteiger charge is 2.27. The molecule has 11 heavy (non-hydrogen) atoms. The van der Waals surface area contributed by atoms with Crippen LogP contribution in [-0.4, -0.2) is 18.9 Å². The second-order valence-corrected chi connectivity index (χ2v) is 4.02. The van der Waals surface area contributed by atoms with E-state index in [1.165, 1.54) is 0 Å². The van der Waals surface area contributed by atoms with Crippen LogP contribution in [0.2, 0.25) is 0 Å². The van der Waals surface area contributed by atoms with Gasteiger partial charge in [0.1, 0.15) is 6.23 Å². The zero-order valence-corrected chi connectivity index (χ0v) is 7.92. The summed E-state index contributed by atoms with van der Waals surface area (Å²) < 4.78 is 5.58. The fourth-order valence-electron chi connectivity index (χ4n) is 1.28. The quantitative estimate of drug-likeness (QED) is 0.657. The van der Waals surface area contributed by atoms with Gasteiger partial charge in [-0.05, 0) is 11.8 Å². The minimum absolute atomic E-state index is 0.280. The van der Waals surface area contributed by atoms with E-state index < -0.39 is 0 Å². The maximum Gasteiger partial charge on any atom is 0.110 e. The molecule has 0 aromatic rings. The van der Waals surface area contributed by atoms with Gasteiger partial charge in [-0.25, -0.2) is 0 Å². The van der Waals surface area contributed by atoms with Gasteiger partial charge < -0.3 is 4.74 Å². The van der Waals surface area contributed by atoms with Crippen molar-refractivity contribution in [3.8, 4) is 0 Å². The first-order chi connectivity index (χ1) is 5.11. The summed E-state index contributed by atoms with van der Waals surface area (Å²) in [7, 11) is 0. The Kier molecular flexibility index (Phi) is 2.90. The first kappa shape index (κ1) is 9.01. The van der Waals surface area contributed by atoms with Crippen LogP contribution in [0.15, 0.2) is 0 Å². The van der Waals surface area contributed by atoms with E-state index in [4.69, 9.17) is 4.74 Å². The molecule has 0 aromatic heterocycles. The van der Waals surface area contributed by atoms with Crippen molar-refractivity contribution in [2.24, 2.45) is 11.8 Å². The molecule has 0 bridgehead atoms. The van der Waals surface area contributed by atoms with E-state index in [1.807, 2.05) is 0 Å². The second kappa shape index (κ2) is 3.55. The zero-order chi connectivity index (χ0) is 8.43. The van der Waals surface area contributed by atoms with Crippen LogP contribution in [0.4, 0.5) is 0 Å². The van der Waals surface area contributed by atoms with Crippen LogP contribution in [0.5, 0.6) is 0 Å². The van der Waals surface area contributed by atoms with Crippen LogP contribution in [0.3, 0.4) is 0 Å². The average Bonchev–Trinajstić information content (AvgIpc) is 2.33. The monoisotopic (exact) mass is 157 g/mol. The molecular weight excluding hydrogens is 138 g/mol. The molecule has 1 N–H and O–H groups in total. The molecule has 1 aliphatic heterocycles. The van der Waals surface area contributed by atoms with Gasteiger partial charge >= 0.3 is 0 Å². The van der Waals surface area contributed by atoms with Crippen LogP contribution < -0.4 is 5.32 Å². The van der Waals surface area contributed by atoms with Gasteiger partial charge in [-0.15, -0.1) is 0 Å². The Labute approximate surface area is 69.3 Å². The largest absolute Gasteiger partial charge is 0.361 e. The summed E-state index contributed by atoms with van der Waals surface area (Å²) in [5.41, 5.74) is 0. The Bertz CT molecular complexity index is 109. The molecule has 0 aliphatic carbocycles. The summed E-state index contributed by atoms with van der Waals surface area (Å²) in [6.07, 6.45) is 0.280. The number of hydrogen-bond acceptors (Lipinski definition) is 2. The number of hydrogen-bond donors (Lipinski definition) is 1. The molecule has 1 rings (SSSR count). The molecule has 1 fully saturated rings. The third kappa shape index (κ3) is 2.17. The molecule has 0 unspecified atom stereocenters. The smallest absolute Gasteiger partial charge is 0.110 e. The minimum atomic E-state index is 0.280. The lowest BCUT2D eigenvalue weighted by atomic mass is 10.1. The maximum absolute atomic E-state index is 5.58. The second-order valence-electron chi connectivity index (χ2n) is 4.02. The summed E-state index contributed by atoms with van der Waals surface area (Å²) in [5.74, 6) is 1.26. The van der Waals surface area contributed by atoms with Crippen LogP contribution in [0.1, 0.15) is 27.7 Å². The summed E-state index contributed by atoms with van der Waals surface area (Å²) in [6.45, 7) is 9.69. The van der Waals surface area contributed by atoms with Gasteiger partial charge in [-0.1, -0.05) is 27.7 Å². The van der Waals surface area contributed by atoms with Crippen molar-refractivity contribution >= 4 is 0 Å². The predicted molar refractivity (Wildman–Crippen MR) is 46.3 cm³/mol. The Morgan fingerprint density at radius 3 is 2.09 bits per heavy atom. The molecule has 2 nitrogen and oxygen atoms in total. The van der Waals surface area contributed by atoms with E-state index in [2.05, 4.69) is 33.0 Å². The molecule has 1 heterocycles. The van der Waals surface area contributed by atoms with Crippen LogP contribution in [0.25, 0.3) is 0 Å². The number of rotatable bonds is 2. The topological polar surface area (TPSA) is 21.3 Å². The van der Waals surface area contributed by atoms with E-state index in [0.717, 1.165) is 6.61 Å². The van der Waals surface area contributed by atoms with Crippen molar-refractivity contribution in [2.45, 2.75) is 40.0 Å². The van der Waals surface area contributed by atoms with Crippen molar-refractivity contribution in [1.29, 1.82) is 0 Å². The Hall–Kier alpha value is -0.0800. The van der Waals surface area contributed by atoms with Gasteiger partial charge in [0, 0.05) is 6.04 Å². The molecule has 0 saturated carbocycles. The maximum atomic E-state index is 5.58. The molecule has 0 radical (unpaired) electrons. The first-order valence-corrected chi connectivity index (χ1v) is 4.49. The van der Waals surface area contributed by atoms with E-state index in [-0.39, 0.29) is 6.23 Å². The van der Waals surface area contributed by atoms with E-state index >= 15 is 0 Å². The summed E-state index contributed by atoms with van der Waals surface area (Å²) >= 11 is 0. The van der Waals surface area contributed by atoms with E-state index in [0.29, 0.717) is 17.9 Å². The fourth-order valence-corrected chi connectivity index (χ4v) is 1.28. The van der Waals surface area contributed by atoms with Gasteiger partial charge in [0.05, 0.1) is 6.61 Å². The lowest BCUT2D eigenvalue weighted by molar-refractivity contribution is 0.0641. The van der Waals surface area contributed by atoms with Gasteiger partial charge in [-0.2, -0.15) is 0 Å². The standard InChI is InChI=1S/C9H19NO/c1-6(2)8-5-11-9(10-8)7(3)4/h6-10H,5H2,1-4H3/t8-,9-/m1/s1. The zero-order valence-electron chi connectivity index (χ0n) is 7.92. The lowest BCUT2D eigenvalue weighted by Gasteiger charge is -2.16. The molecule has 0 amide bonds. The predicted octanol–water partition coefficient (Wildman–Crippen LogP) is 1.61. The summed E-state index contributed by atoms with van der Waals surface area (Å²) in [5, 5.41) is 3.47. The molecule has 2 heteroatoms. The molecular formula is C9H19NO.